The summed E-state index contributed by atoms with van der Waals surface area (Å²) >= 11 is 5.79. The fraction of sp³-hybridized carbons (Fsp3) is 0.143. The van der Waals surface area contributed by atoms with Crippen LogP contribution in [0, 0.1) is 5.82 Å². The highest BCUT2D eigenvalue weighted by molar-refractivity contribution is 6.30. The molecule has 4 heteroatoms. The van der Waals surface area contributed by atoms with Gasteiger partial charge in [-0.1, -0.05) is 60.1 Å². The number of halogens is 2. The Morgan fingerprint density at radius 3 is 2.52 bits per heavy atom. The zero-order valence-corrected chi connectivity index (χ0v) is 14.4. The average molecular weight is 356 g/mol. The zero-order valence-electron chi connectivity index (χ0n) is 13.7. The summed E-state index contributed by atoms with van der Waals surface area (Å²) in [5.74, 6) is 0.410. The maximum absolute atomic E-state index is 13.9. The van der Waals surface area contributed by atoms with Crippen LogP contribution in [0.1, 0.15) is 22.7 Å². The van der Waals surface area contributed by atoms with E-state index in [1.807, 2.05) is 54.6 Å². The number of hydrogen-bond acceptors (Lipinski definition) is 2. The van der Waals surface area contributed by atoms with Crippen molar-refractivity contribution < 1.29 is 9.13 Å². The van der Waals surface area contributed by atoms with E-state index in [9.17, 15) is 4.39 Å². The third-order valence-electron chi connectivity index (χ3n) is 3.99. The van der Waals surface area contributed by atoms with Gasteiger partial charge in [-0.25, -0.2) is 4.39 Å². The Morgan fingerprint density at radius 1 is 0.960 bits per heavy atom. The van der Waals surface area contributed by atoms with E-state index in [4.69, 9.17) is 22.1 Å². The summed E-state index contributed by atoms with van der Waals surface area (Å²) in [4.78, 5) is 0. The number of ether oxygens (including phenoxy) is 1. The van der Waals surface area contributed by atoms with Crippen LogP contribution in [0.5, 0.6) is 5.75 Å². The Balaban J connectivity index is 1.67. The highest BCUT2D eigenvalue weighted by Crippen LogP contribution is 2.24. The molecule has 0 aliphatic carbocycles. The molecule has 1 unspecified atom stereocenters. The van der Waals surface area contributed by atoms with Gasteiger partial charge < -0.3 is 10.5 Å². The second-order valence-electron chi connectivity index (χ2n) is 5.89. The van der Waals surface area contributed by atoms with Crippen LogP contribution in [0.4, 0.5) is 4.39 Å². The van der Waals surface area contributed by atoms with Crippen LogP contribution in [0.15, 0.2) is 72.8 Å². The van der Waals surface area contributed by atoms with Crippen molar-refractivity contribution in [1.82, 2.24) is 0 Å². The van der Waals surface area contributed by atoms with Crippen LogP contribution in [-0.4, -0.2) is 0 Å². The largest absolute Gasteiger partial charge is 0.489 e. The first-order valence-corrected chi connectivity index (χ1v) is 8.46. The van der Waals surface area contributed by atoms with Gasteiger partial charge in [0.1, 0.15) is 18.2 Å². The van der Waals surface area contributed by atoms with E-state index < -0.39 is 0 Å². The number of rotatable bonds is 6. The topological polar surface area (TPSA) is 35.2 Å². The Labute approximate surface area is 152 Å². The van der Waals surface area contributed by atoms with Gasteiger partial charge in [-0.05, 0) is 47.4 Å². The van der Waals surface area contributed by atoms with E-state index in [-0.39, 0.29) is 11.9 Å². The SMILES string of the molecule is NC(Cc1ccc(Cl)cc1F)c1cccc(OCc2ccccc2)c1. The van der Waals surface area contributed by atoms with Crippen molar-refractivity contribution in [3.8, 4) is 5.75 Å². The van der Waals surface area contributed by atoms with E-state index in [0.29, 0.717) is 23.6 Å². The molecule has 3 rings (SSSR count). The standard InChI is InChI=1S/C21H19ClFNO/c22-18-10-9-16(20(23)13-18)12-21(24)17-7-4-8-19(11-17)25-14-15-5-2-1-3-6-15/h1-11,13,21H,12,14,24H2. The molecular formula is C21H19ClFNO. The second-order valence-corrected chi connectivity index (χ2v) is 6.33. The van der Waals surface area contributed by atoms with Crippen LogP contribution in [0.25, 0.3) is 0 Å². The predicted octanol–water partition coefficient (Wildman–Crippen LogP) is 5.30. The summed E-state index contributed by atoms with van der Waals surface area (Å²) in [7, 11) is 0. The molecule has 2 nitrogen and oxygen atoms in total. The third-order valence-corrected chi connectivity index (χ3v) is 4.22. The van der Waals surface area contributed by atoms with Crippen molar-refractivity contribution >= 4 is 11.6 Å². The van der Waals surface area contributed by atoms with Crippen molar-refractivity contribution in [1.29, 1.82) is 0 Å². The van der Waals surface area contributed by atoms with E-state index in [0.717, 1.165) is 16.9 Å². The maximum atomic E-state index is 13.9. The molecule has 0 saturated heterocycles. The summed E-state index contributed by atoms with van der Waals surface area (Å²) in [6, 6.07) is 21.9. The average Bonchev–Trinajstić information content (AvgIpc) is 2.63. The van der Waals surface area contributed by atoms with Gasteiger partial charge in [0.15, 0.2) is 0 Å². The Hall–Kier alpha value is -2.36. The first-order valence-electron chi connectivity index (χ1n) is 8.08. The van der Waals surface area contributed by atoms with Gasteiger partial charge in [0.05, 0.1) is 0 Å². The summed E-state index contributed by atoms with van der Waals surface area (Å²) < 4.78 is 19.8. The molecule has 0 aliphatic heterocycles. The van der Waals surface area contributed by atoms with E-state index >= 15 is 0 Å². The first-order chi connectivity index (χ1) is 12.1. The lowest BCUT2D eigenvalue weighted by Crippen LogP contribution is -2.14. The third kappa shape index (κ3) is 4.81. The highest BCUT2D eigenvalue weighted by Gasteiger charge is 2.12. The molecule has 0 amide bonds. The van der Waals surface area contributed by atoms with E-state index in [2.05, 4.69) is 0 Å². The Morgan fingerprint density at radius 2 is 1.76 bits per heavy atom. The van der Waals surface area contributed by atoms with Crippen molar-refractivity contribution in [2.24, 2.45) is 5.73 Å². The Kier molecular flexibility index (Phi) is 5.69. The van der Waals surface area contributed by atoms with Crippen LogP contribution in [0.2, 0.25) is 5.02 Å². The van der Waals surface area contributed by atoms with Crippen molar-refractivity contribution in [2.75, 3.05) is 0 Å². The molecule has 0 heterocycles. The molecule has 2 N–H and O–H groups in total. The molecule has 0 fully saturated rings. The van der Waals surface area contributed by atoms with Gasteiger partial charge in [0, 0.05) is 11.1 Å². The van der Waals surface area contributed by atoms with Gasteiger partial charge in [-0.15, -0.1) is 0 Å². The monoisotopic (exact) mass is 355 g/mol. The van der Waals surface area contributed by atoms with Crippen LogP contribution < -0.4 is 10.5 Å². The summed E-state index contributed by atoms with van der Waals surface area (Å²) in [5.41, 5.74) is 8.80. The van der Waals surface area contributed by atoms with Crippen molar-refractivity contribution in [2.45, 2.75) is 19.1 Å². The quantitative estimate of drug-likeness (QED) is 0.651. The zero-order chi connectivity index (χ0) is 17.6. The molecule has 128 valence electrons. The van der Waals surface area contributed by atoms with Gasteiger partial charge in [0.2, 0.25) is 0 Å². The lowest BCUT2D eigenvalue weighted by atomic mass is 9.99. The summed E-state index contributed by atoms with van der Waals surface area (Å²) in [6.45, 7) is 0.491. The maximum Gasteiger partial charge on any atom is 0.127 e. The van der Waals surface area contributed by atoms with Crippen molar-refractivity contribution in [3.63, 3.8) is 0 Å². The summed E-state index contributed by atoms with van der Waals surface area (Å²) in [5, 5.41) is 0.381. The molecular weight excluding hydrogens is 337 g/mol. The summed E-state index contributed by atoms with van der Waals surface area (Å²) in [6.07, 6.45) is 0.394. The molecule has 3 aromatic carbocycles. The lowest BCUT2D eigenvalue weighted by Gasteiger charge is -2.15. The second kappa shape index (κ2) is 8.15. The normalized spacial score (nSPS) is 12.0. The number of benzene rings is 3. The van der Waals surface area contributed by atoms with Crippen LogP contribution >= 0.6 is 11.6 Å². The lowest BCUT2D eigenvalue weighted by molar-refractivity contribution is 0.305. The smallest absolute Gasteiger partial charge is 0.127 e. The van der Waals surface area contributed by atoms with Crippen LogP contribution in [-0.2, 0) is 13.0 Å². The van der Waals surface area contributed by atoms with E-state index in [1.54, 1.807) is 12.1 Å². The number of hydrogen-bond donors (Lipinski definition) is 1. The first kappa shape index (κ1) is 17.5. The minimum Gasteiger partial charge on any atom is -0.489 e. The van der Waals surface area contributed by atoms with Gasteiger partial charge in [0.25, 0.3) is 0 Å². The Bertz CT molecular complexity index is 838. The fourth-order valence-electron chi connectivity index (χ4n) is 2.62. The molecule has 0 aromatic heterocycles. The molecule has 0 aliphatic rings. The molecule has 0 saturated carbocycles. The minimum atomic E-state index is -0.334. The molecule has 0 spiro atoms. The van der Waals surface area contributed by atoms with E-state index in [1.165, 1.54) is 6.07 Å². The van der Waals surface area contributed by atoms with Gasteiger partial charge >= 0.3 is 0 Å². The molecule has 1 atom stereocenters. The predicted molar refractivity (Wildman–Crippen MR) is 99.3 cm³/mol. The molecule has 0 bridgehead atoms. The molecule has 3 aromatic rings. The van der Waals surface area contributed by atoms with Gasteiger partial charge in [-0.3, -0.25) is 0 Å². The fourth-order valence-corrected chi connectivity index (χ4v) is 2.78. The van der Waals surface area contributed by atoms with Crippen LogP contribution in [0.3, 0.4) is 0 Å². The molecule has 25 heavy (non-hydrogen) atoms. The highest BCUT2D eigenvalue weighted by atomic mass is 35.5. The van der Waals surface area contributed by atoms with Gasteiger partial charge in [-0.2, -0.15) is 0 Å². The molecule has 0 radical (unpaired) electrons. The van der Waals surface area contributed by atoms with Crippen molar-refractivity contribution in [3.05, 3.63) is 100 Å². The number of nitrogens with two attached hydrogens (primary N) is 1. The minimum absolute atomic E-state index is 0.323.